The molecular formula is C18H14F3NO2. The zero-order valence-corrected chi connectivity index (χ0v) is 12.5. The van der Waals surface area contributed by atoms with Gasteiger partial charge in [0.2, 0.25) is 0 Å². The van der Waals surface area contributed by atoms with Crippen LogP contribution in [0.3, 0.4) is 0 Å². The topological polar surface area (TPSA) is 42.2 Å². The first-order valence-electron chi connectivity index (χ1n) is 7.29. The van der Waals surface area contributed by atoms with E-state index in [4.69, 9.17) is 5.11 Å². The van der Waals surface area contributed by atoms with E-state index >= 15 is 0 Å². The van der Waals surface area contributed by atoms with Crippen LogP contribution >= 0.6 is 0 Å². The molecule has 0 spiro atoms. The number of nitrogens with zero attached hydrogens (tertiary/aromatic N) is 1. The highest BCUT2D eigenvalue weighted by molar-refractivity contribution is 5.82. The minimum absolute atomic E-state index is 0.0652. The first kappa shape index (κ1) is 16.1. The van der Waals surface area contributed by atoms with Gasteiger partial charge in [-0.25, -0.2) is 0 Å². The highest BCUT2D eigenvalue weighted by Gasteiger charge is 2.32. The van der Waals surface area contributed by atoms with Gasteiger partial charge in [0.25, 0.3) is 0 Å². The van der Waals surface area contributed by atoms with E-state index in [1.807, 2.05) is 0 Å². The summed E-state index contributed by atoms with van der Waals surface area (Å²) in [6.45, 7) is 0.0652. The summed E-state index contributed by atoms with van der Waals surface area (Å²) in [4.78, 5) is 10.8. The van der Waals surface area contributed by atoms with E-state index in [9.17, 15) is 18.0 Å². The molecule has 1 N–H and O–H groups in total. The second-order valence-electron chi connectivity index (χ2n) is 5.56. The van der Waals surface area contributed by atoms with Crippen LogP contribution < -0.4 is 0 Å². The maximum atomic E-state index is 13.1. The molecule has 0 aliphatic carbocycles. The van der Waals surface area contributed by atoms with Crippen molar-refractivity contribution >= 4 is 16.9 Å². The van der Waals surface area contributed by atoms with Gasteiger partial charge in [0.15, 0.2) is 0 Å². The van der Waals surface area contributed by atoms with E-state index in [1.54, 1.807) is 41.1 Å². The number of aromatic nitrogens is 1. The monoisotopic (exact) mass is 333 g/mol. The number of rotatable bonds is 4. The molecule has 0 saturated carbocycles. The molecule has 1 aromatic heterocycles. The van der Waals surface area contributed by atoms with Gasteiger partial charge in [-0.15, -0.1) is 0 Å². The summed E-state index contributed by atoms with van der Waals surface area (Å²) >= 11 is 0. The van der Waals surface area contributed by atoms with Crippen LogP contribution in [0.4, 0.5) is 13.2 Å². The molecule has 3 rings (SSSR count). The molecule has 0 aliphatic rings. The number of alkyl halides is 3. The summed E-state index contributed by atoms with van der Waals surface area (Å²) in [7, 11) is 0. The van der Waals surface area contributed by atoms with E-state index < -0.39 is 17.7 Å². The van der Waals surface area contributed by atoms with E-state index in [0.29, 0.717) is 11.1 Å². The van der Waals surface area contributed by atoms with Crippen molar-refractivity contribution in [2.24, 2.45) is 0 Å². The number of carboxylic acids is 1. The van der Waals surface area contributed by atoms with Gasteiger partial charge in [-0.05, 0) is 34.7 Å². The highest BCUT2D eigenvalue weighted by atomic mass is 19.4. The smallest absolute Gasteiger partial charge is 0.416 e. The molecule has 0 radical (unpaired) electrons. The van der Waals surface area contributed by atoms with Crippen molar-refractivity contribution in [2.45, 2.75) is 19.1 Å². The van der Waals surface area contributed by atoms with E-state index in [1.165, 1.54) is 12.1 Å². The maximum absolute atomic E-state index is 13.1. The molecule has 0 fully saturated rings. The average molecular weight is 333 g/mol. The third kappa shape index (κ3) is 3.27. The summed E-state index contributed by atoms with van der Waals surface area (Å²) in [5.41, 5.74) is 0.837. The van der Waals surface area contributed by atoms with Crippen LogP contribution in [0.1, 0.15) is 16.7 Å². The number of hydrogen-bond acceptors (Lipinski definition) is 1. The first-order chi connectivity index (χ1) is 11.3. The lowest BCUT2D eigenvalue weighted by molar-refractivity contribution is -0.138. The fourth-order valence-electron chi connectivity index (χ4n) is 2.77. The third-order valence-corrected chi connectivity index (χ3v) is 3.86. The first-order valence-corrected chi connectivity index (χ1v) is 7.29. The Kier molecular flexibility index (Phi) is 4.05. The molecule has 0 aliphatic heterocycles. The van der Waals surface area contributed by atoms with Crippen molar-refractivity contribution in [3.8, 4) is 0 Å². The highest BCUT2D eigenvalue weighted by Crippen LogP contribution is 2.32. The molecule has 2 aromatic carbocycles. The Morgan fingerprint density at radius 2 is 1.83 bits per heavy atom. The van der Waals surface area contributed by atoms with Gasteiger partial charge < -0.3 is 9.67 Å². The molecule has 3 aromatic rings. The summed E-state index contributed by atoms with van der Waals surface area (Å²) < 4.78 is 41.1. The molecule has 0 unspecified atom stereocenters. The molecule has 0 amide bonds. The van der Waals surface area contributed by atoms with Gasteiger partial charge in [-0.3, -0.25) is 4.79 Å². The zero-order valence-electron chi connectivity index (χ0n) is 12.5. The fourth-order valence-corrected chi connectivity index (χ4v) is 2.77. The van der Waals surface area contributed by atoms with E-state index in [-0.39, 0.29) is 18.5 Å². The number of carboxylic acid groups (broad SMARTS) is 1. The lowest BCUT2D eigenvalue weighted by Gasteiger charge is -2.14. The van der Waals surface area contributed by atoms with Crippen LogP contribution in [0, 0.1) is 0 Å². The summed E-state index contributed by atoms with van der Waals surface area (Å²) in [5, 5.41) is 9.74. The van der Waals surface area contributed by atoms with Crippen LogP contribution in [0.15, 0.2) is 54.7 Å². The molecule has 6 heteroatoms. The molecule has 0 bridgehead atoms. The van der Waals surface area contributed by atoms with Crippen LogP contribution in [-0.4, -0.2) is 15.6 Å². The van der Waals surface area contributed by atoms with Crippen molar-refractivity contribution < 1.29 is 23.1 Å². The number of aliphatic carboxylic acids is 1. The Labute approximate surface area is 136 Å². The summed E-state index contributed by atoms with van der Waals surface area (Å²) in [6, 6.07) is 12.5. The lowest BCUT2D eigenvalue weighted by atomic mass is 10.1. The van der Waals surface area contributed by atoms with E-state index in [0.717, 1.165) is 11.5 Å². The van der Waals surface area contributed by atoms with Gasteiger partial charge in [-0.1, -0.05) is 30.3 Å². The molecule has 24 heavy (non-hydrogen) atoms. The SMILES string of the molecule is O=C(O)Cc1ccc2ccn(Cc3ccccc3C(F)(F)F)c2c1. The van der Waals surface area contributed by atoms with E-state index in [2.05, 4.69) is 0 Å². The quantitative estimate of drug-likeness (QED) is 0.772. The van der Waals surface area contributed by atoms with Gasteiger partial charge in [0.05, 0.1) is 12.0 Å². The minimum atomic E-state index is -4.41. The number of carbonyl (C=O) groups is 1. The van der Waals surface area contributed by atoms with Crippen molar-refractivity contribution in [1.29, 1.82) is 0 Å². The standard InChI is InChI=1S/C18H14F3NO2/c19-18(20,21)15-4-2-1-3-14(15)11-22-8-7-13-6-5-12(9-16(13)22)10-17(23)24/h1-9H,10-11H2,(H,23,24). The Morgan fingerprint density at radius 1 is 1.08 bits per heavy atom. The number of fused-ring (bicyclic) bond motifs is 1. The lowest BCUT2D eigenvalue weighted by Crippen LogP contribution is -2.11. The van der Waals surface area contributed by atoms with Crippen molar-refractivity contribution in [2.75, 3.05) is 0 Å². The Balaban J connectivity index is 2.01. The van der Waals surface area contributed by atoms with Gasteiger partial charge >= 0.3 is 12.1 Å². The van der Waals surface area contributed by atoms with Gasteiger partial charge in [0.1, 0.15) is 0 Å². The maximum Gasteiger partial charge on any atom is 0.416 e. The van der Waals surface area contributed by atoms with Gasteiger partial charge in [-0.2, -0.15) is 13.2 Å². The Morgan fingerprint density at radius 3 is 2.54 bits per heavy atom. The molecule has 124 valence electrons. The molecule has 0 saturated heterocycles. The second-order valence-corrected chi connectivity index (χ2v) is 5.56. The molecule has 1 heterocycles. The number of benzene rings is 2. The molecule has 0 atom stereocenters. The van der Waals surface area contributed by atoms with Crippen molar-refractivity contribution in [3.05, 3.63) is 71.4 Å². The van der Waals surface area contributed by atoms with Crippen LogP contribution in [0.2, 0.25) is 0 Å². The second kappa shape index (κ2) is 6.03. The van der Waals surface area contributed by atoms with Crippen molar-refractivity contribution in [1.82, 2.24) is 4.57 Å². The van der Waals surface area contributed by atoms with Crippen molar-refractivity contribution in [3.63, 3.8) is 0 Å². The third-order valence-electron chi connectivity index (χ3n) is 3.86. The Hall–Kier alpha value is -2.76. The fraction of sp³-hybridized carbons (Fsp3) is 0.167. The predicted molar refractivity (Wildman–Crippen MR) is 83.8 cm³/mol. The van der Waals surface area contributed by atoms with Crippen LogP contribution in [-0.2, 0) is 23.9 Å². The predicted octanol–water partition coefficient (Wildman–Crippen LogP) is 4.34. The van der Waals surface area contributed by atoms with Gasteiger partial charge in [0, 0.05) is 18.3 Å². The summed E-state index contributed by atoms with van der Waals surface area (Å²) in [6.07, 6.45) is -2.82. The molecule has 3 nitrogen and oxygen atoms in total. The zero-order chi connectivity index (χ0) is 17.3. The average Bonchev–Trinajstić information content (AvgIpc) is 2.89. The Bertz CT molecular complexity index is 897. The summed E-state index contributed by atoms with van der Waals surface area (Å²) in [5.74, 6) is -0.949. The van der Waals surface area contributed by atoms with Crippen LogP contribution in [0.5, 0.6) is 0 Å². The largest absolute Gasteiger partial charge is 0.481 e. The normalized spacial score (nSPS) is 11.8. The molecular weight excluding hydrogens is 319 g/mol. The number of hydrogen-bond donors (Lipinski definition) is 1. The minimum Gasteiger partial charge on any atom is -0.481 e. The van der Waals surface area contributed by atoms with Crippen LogP contribution in [0.25, 0.3) is 10.9 Å². The number of halogens is 3.